The van der Waals surface area contributed by atoms with Gasteiger partial charge in [-0.3, -0.25) is 0 Å². The Morgan fingerprint density at radius 2 is 1.32 bits per heavy atom. The second-order valence-electron chi connectivity index (χ2n) is 5.25. The fourth-order valence-corrected chi connectivity index (χ4v) is 2.80. The maximum absolute atomic E-state index is 3.72. The minimum atomic E-state index is 0.326. The molecule has 98 valence electrons. The first-order valence-corrected chi connectivity index (χ1v) is 6.94. The largest absolute Gasteiger partial charge is 0.307 e. The van der Waals surface area contributed by atoms with Crippen molar-refractivity contribution >= 4 is 0 Å². The van der Waals surface area contributed by atoms with E-state index in [1.165, 1.54) is 11.1 Å². The standard InChI is InChI=1S/C17H20N2/c1-13-12-18-16(14-8-4-2-5-9-14)17(19-13)15-10-6-3-7-11-15/h2-11,13,16-19H,12H2,1H3/t13?,16-,17-/m1/s1. The first-order valence-electron chi connectivity index (χ1n) is 6.94. The highest BCUT2D eigenvalue weighted by Crippen LogP contribution is 2.31. The van der Waals surface area contributed by atoms with Crippen molar-refractivity contribution in [2.45, 2.75) is 25.0 Å². The SMILES string of the molecule is CC1CN[C@H](c2ccccc2)[C@@H](c2ccccc2)N1. The second kappa shape index (κ2) is 5.55. The molecule has 2 nitrogen and oxygen atoms in total. The molecule has 1 aliphatic rings. The van der Waals surface area contributed by atoms with Gasteiger partial charge < -0.3 is 10.6 Å². The van der Waals surface area contributed by atoms with E-state index in [9.17, 15) is 0 Å². The monoisotopic (exact) mass is 252 g/mol. The van der Waals surface area contributed by atoms with Crippen molar-refractivity contribution in [2.24, 2.45) is 0 Å². The van der Waals surface area contributed by atoms with Crippen molar-refractivity contribution in [1.29, 1.82) is 0 Å². The zero-order valence-corrected chi connectivity index (χ0v) is 11.2. The van der Waals surface area contributed by atoms with Gasteiger partial charge in [0.2, 0.25) is 0 Å². The van der Waals surface area contributed by atoms with E-state index in [0.717, 1.165) is 6.54 Å². The summed E-state index contributed by atoms with van der Waals surface area (Å²) in [5.41, 5.74) is 2.69. The lowest BCUT2D eigenvalue weighted by atomic mass is 9.90. The van der Waals surface area contributed by atoms with Crippen molar-refractivity contribution in [1.82, 2.24) is 10.6 Å². The lowest BCUT2D eigenvalue weighted by Gasteiger charge is -2.38. The summed E-state index contributed by atoms with van der Waals surface area (Å²) in [5.74, 6) is 0. The summed E-state index contributed by atoms with van der Waals surface area (Å²) in [6.07, 6.45) is 0. The number of piperazine rings is 1. The average molecular weight is 252 g/mol. The third-order valence-electron chi connectivity index (χ3n) is 3.76. The predicted molar refractivity (Wildman–Crippen MR) is 79.0 cm³/mol. The fraction of sp³-hybridized carbons (Fsp3) is 0.294. The topological polar surface area (TPSA) is 24.1 Å². The predicted octanol–water partition coefficient (Wildman–Crippen LogP) is 3.05. The molecule has 0 radical (unpaired) electrons. The zero-order chi connectivity index (χ0) is 13.1. The second-order valence-corrected chi connectivity index (χ2v) is 5.25. The Hall–Kier alpha value is -1.64. The number of hydrogen-bond acceptors (Lipinski definition) is 2. The number of hydrogen-bond donors (Lipinski definition) is 2. The lowest BCUT2D eigenvalue weighted by molar-refractivity contribution is 0.283. The van der Waals surface area contributed by atoms with Crippen molar-refractivity contribution in [2.75, 3.05) is 6.54 Å². The summed E-state index contributed by atoms with van der Waals surface area (Å²) in [4.78, 5) is 0. The summed E-state index contributed by atoms with van der Waals surface area (Å²) in [5, 5.41) is 7.39. The van der Waals surface area contributed by atoms with Crippen LogP contribution in [0.2, 0.25) is 0 Å². The zero-order valence-electron chi connectivity index (χ0n) is 11.2. The van der Waals surface area contributed by atoms with Gasteiger partial charge in [0.1, 0.15) is 0 Å². The number of benzene rings is 2. The van der Waals surface area contributed by atoms with E-state index in [4.69, 9.17) is 0 Å². The maximum atomic E-state index is 3.72. The van der Waals surface area contributed by atoms with Crippen LogP contribution in [0.1, 0.15) is 30.1 Å². The Morgan fingerprint density at radius 3 is 1.89 bits per heavy atom. The summed E-state index contributed by atoms with van der Waals surface area (Å²) < 4.78 is 0. The highest BCUT2D eigenvalue weighted by atomic mass is 15.1. The van der Waals surface area contributed by atoms with Gasteiger partial charge >= 0.3 is 0 Å². The molecule has 1 heterocycles. The Morgan fingerprint density at radius 1 is 0.789 bits per heavy atom. The van der Waals surface area contributed by atoms with Gasteiger partial charge in [0.05, 0.1) is 12.1 Å². The molecule has 2 heteroatoms. The molecular formula is C17H20N2. The highest BCUT2D eigenvalue weighted by molar-refractivity contribution is 5.28. The van der Waals surface area contributed by atoms with E-state index in [0.29, 0.717) is 18.1 Å². The van der Waals surface area contributed by atoms with Gasteiger partial charge in [-0.2, -0.15) is 0 Å². The minimum absolute atomic E-state index is 0.326. The Balaban J connectivity index is 1.93. The third-order valence-corrected chi connectivity index (χ3v) is 3.76. The van der Waals surface area contributed by atoms with Crippen molar-refractivity contribution in [3.8, 4) is 0 Å². The van der Waals surface area contributed by atoms with E-state index in [2.05, 4.69) is 78.2 Å². The Kier molecular flexibility index (Phi) is 3.62. The van der Waals surface area contributed by atoms with Crippen LogP contribution in [-0.4, -0.2) is 12.6 Å². The van der Waals surface area contributed by atoms with Crippen LogP contribution in [0.15, 0.2) is 60.7 Å². The minimum Gasteiger partial charge on any atom is -0.307 e. The molecule has 0 amide bonds. The van der Waals surface area contributed by atoms with Crippen LogP contribution < -0.4 is 10.6 Å². The number of rotatable bonds is 2. The van der Waals surface area contributed by atoms with Crippen molar-refractivity contribution < 1.29 is 0 Å². The molecule has 3 atom stereocenters. The molecule has 1 fully saturated rings. The molecule has 0 bridgehead atoms. The number of nitrogens with one attached hydrogen (secondary N) is 2. The molecule has 2 aromatic carbocycles. The van der Waals surface area contributed by atoms with Crippen LogP contribution in [0.4, 0.5) is 0 Å². The molecule has 0 aliphatic carbocycles. The smallest absolute Gasteiger partial charge is 0.0520 e. The Labute approximate surface area is 114 Å². The van der Waals surface area contributed by atoms with Gasteiger partial charge in [0.25, 0.3) is 0 Å². The van der Waals surface area contributed by atoms with Crippen LogP contribution in [0.5, 0.6) is 0 Å². The van der Waals surface area contributed by atoms with E-state index >= 15 is 0 Å². The first kappa shape index (κ1) is 12.4. The molecule has 19 heavy (non-hydrogen) atoms. The van der Waals surface area contributed by atoms with Gasteiger partial charge in [-0.05, 0) is 18.1 Å². The molecule has 1 aliphatic heterocycles. The molecule has 0 aromatic heterocycles. The van der Waals surface area contributed by atoms with Crippen molar-refractivity contribution in [3.63, 3.8) is 0 Å². The van der Waals surface area contributed by atoms with Gasteiger partial charge in [0.15, 0.2) is 0 Å². The van der Waals surface area contributed by atoms with Crippen LogP contribution in [0, 0.1) is 0 Å². The molecule has 3 rings (SSSR count). The van der Waals surface area contributed by atoms with Crippen LogP contribution in [0.25, 0.3) is 0 Å². The van der Waals surface area contributed by atoms with E-state index in [1.807, 2.05) is 0 Å². The normalized spacial score (nSPS) is 27.1. The van der Waals surface area contributed by atoms with Crippen LogP contribution in [0.3, 0.4) is 0 Å². The summed E-state index contributed by atoms with van der Waals surface area (Å²) >= 11 is 0. The molecule has 2 aromatic rings. The van der Waals surface area contributed by atoms with Crippen LogP contribution >= 0.6 is 0 Å². The van der Waals surface area contributed by atoms with E-state index in [1.54, 1.807) is 0 Å². The summed E-state index contributed by atoms with van der Waals surface area (Å²) in [6.45, 7) is 3.23. The first-order chi connectivity index (χ1) is 9.34. The molecule has 1 unspecified atom stereocenters. The molecule has 0 saturated carbocycles. The molecule has 0 spiro atoms. The third kappa shape index (κ3) is 2.70. The van der Waals surface area contributed by atoms with E-state index in [-0.39, 0.29) is 0 Å². The Bertz CT molecular complexity index is 509. The highest BCUT2D eigenvalue weighted by Gasteiger charge is 2.29. The van der Waals surface area contributed by atoms with Crippen molar-refractivity contribution in [3.05, 3.63) is 71.8 Å². The fourth-order valence-electron chi connectivity index (χ4n) is 2.80. The van der Waals surface area contributed by atoms with Gasteiger partial charge in [-0.1, -0.05) is 60.7 Å². The quantitative estimate of drug-likeness (QED) is 0.858. The summed E-state index contributed by atoms with van der Waals surface area (Å²) in [7, 11) is 0. The lowest BCUT2D eigenvalue weighted by Crippen LogP contribution is -2.50. The molecule has 2 N–H and O–H groups in total. The van der Waals surface area contributed by atoms with E-state index < -0.39 is 0 Å². The van der Waals surface area contributed by atoms with Gasteiger partial charge in [-0.15, -0.1) is 0 Å². The molecular weight excluding hydrogens is 232 g/mol. The van der Waals surface area contributed by atoms with Gasteiger partial charge in [0, 0.05) is 12.6 Å². The van der Waals surface area contributed by atoms with Gasteiger partial charge in [-0.25, -0.2) is 0 Å². The van der Waals surface area contributed by atoms with Crippen LogP contribution in [-0.2, 0) is 0 Å². The molecule has 1 saturated heterocycles. The average Bonchev–Trinajstić information content (AvgIpc) is 2.49. The maximum Gasteiger partial charge on any atom is 0.0520 e. The summed E-state index contributed by atoms with van der Waals surface area (Å²) in [6, 6.07) is 22.5.